The summed E-state index contributed by atoms with van der Waals surface area (Å²) in [5.74, 6) is 1.06. The first-order valence-electron chi connectivity index (χ1n) is 17.4. The van der Waals surface area contributed by atoms with Crippen molar-refractivity contribution >= 4 is 17.8 Å². The third-order valence-electron chi connectivity index (χ3n) is 8.91. The number of amides is 2. The van der Waals surface area contributed by atoms with Gasteiger partial charge in [0, 0.05) is 62.5 Å². The fourth-order valence-electron chi connectivity index (χ4n) is 6.40. The summed E-state index contributed by atoms with van der Waals surface area (Å²) in [6.07, 6.45) is 4.70. The van der Waals surface area contributed by atoms with E-state index in [1.807, 2.05) is 74.8 Å². The Hall–Kier alpha value is -3.63. The zero-order valence-corrected chi connectivity index (χ0v) is 29.9. The first-order valence-corrected chi connectivity index (χ1v) is 17.4. The molecule has 0 aromatic heterocycles. The van der Waals surface area contributed by atoms with E-state index in [2.05, 4.69) is 4.90 Å². The van der Waals surface area contributed by atoms with Crippen molar-refractivity contribution in [2.75, 3.05) is 47.1 Å². The second-order valence-corrected chi connectivity index (χ2v) is 14.2. The number of rotatable bonds is 16. The minimum absolute atomic E-state index is 0.0682. The number of Topliss-reactive ketones (excluding diaryl/α,β-unsaturated/α-hetero) is 1. The number of piperidine rings is 1. The molecule has 2 fully saturated rings. The van der Waals surface area contributed by atoms with E-state index in [9.17, 15) is 14.4 Å². The van der Waals surface area contributed by atoms with E-state index in [4.69, 9.17) is 18.9 Å². The number of hydrogen-bond acceptors (Lipinski definition) is 8. The first-order chi connectivity index (χ1) is 22.9. The van der Waals surface area contributed by atoms with E-state index >= 15 is 0 Å². The van der Waals surface area contributed by atoms with E-state index in [-0.39, 0.29) is 35.9 Å². The zero-order valence-electron chi connectivity index (χ0n) is 29.9. The monoisotopic (exact) mass is 665 g/mol. The second-order valence-electron chi connectivity index (χ2n) is 14.2. The van der Waals surface area contributed by atoms with Crippen molar-refractivity contribution in [3.05, 3.63) is 59.7 Å². The Bertz CT molecular complexity index is 1360. The molecular weight excluding hydrogens is 610 g/mol. The average Bonchev–Trinajstić information content (AvgIpc) is 3.90. The highest BCUT2D eigenvalue weighted by atomic mass is 16.6. The molecule has 1 aliphatic carbocycles. The number of benzene rings is 2. The molecule has 264 valence electrons. The van der Waals surface area contributed by atoms with E-state index < -0.39 is 5.60 Å². The van der Waals surface area contributed by atoms with Crippen LogP contribution in [0.25, 0.3) is 0 Å². The molecule has 2 aromatic carbocycles. The summed E-state index contributed by atoms with van der Waals surface area (Å²) in [5, 5.41) is 0. The maximum absolute atomic E-state index is 14.2. The van der Waals surface area contributed by atoms with Crippen molar-refractivity contribution in [2.45, 2.75) is 103 Å². The van der Waals surface area contributed by atoms with Crippen LogP contribution >= 0.6 is 0 Å². The SMILES string of the molecule is COCCCOc1cc(C(=O)N(C(C)C)[C@@H]2CC[C@H](CCN(CC(=O)c3ccccc3)C3CC3)N(C(=O)OC(C)(C)C)C2)ccc1OC. The van der Waals surface area contributed by atoms with Gasteiger partial charge >= 0.3 is 6.09 Å². The number of carbonyl (C=O) groups is 3. The van der Waals surface area contributed by atoms with Crippen molar-refractivity contribution < 1.29 is 33.3 Å². The van der Waals surface area contributed by atoms with Crippen molar-refractivity contribution in [1.29, 1.82) is 0 Å². The number of hydrogen-bond donors (Lipinski definition) is 0. The molecule has 0 bridgehead atoms. The van der Waals surface area contributed by atoms with Gasteiger partial charge in [-0.25, -0.2) is 4.79 Å². The molecular formula is C38H55N3O7. The predicted molar refractivity (Wildman–Crippen MR) is 186 cm³/mol. The number of nitrogens with zero attached hydrogens (tertiary/aromatic N) is 3. The highest BCUT2D eigenvalue weighted by Gasteiger charge is 2.40. The van der Waals surface area contributed by atoms with Gasteiger partial charge in [0.25, 0.3) is 5.91 Å². The van der Waals surface area contributed by atoms with Crippen molar-refractivity contribution in [1.82, 2.24) is 14.7 Å². The maximum atomic E-state index is 14.2. The van der Waals surface area contributed by atoms with Gasteiger partial charge in [-0.15, -0.1) is 0 Å². The number of likely N-dealkylation sites (tertiary alicyclic amines) is 1. The Balaban J connectivity index is 1.50. The maximum Gasteiger partial charge on any atom is 0.410 e. The lowest BCUT2D eigenvalue weighted by Crippen LogP contribution is -2.58. The first kappa shape index (κ1) is 37.2. The Morgan fingerprint density at radius 3 is 2.23 bits per heavy atom. The van der Waals surface area contributed by atoms with Crippen molar-refractivity contribution in [3.8, 4) is 11.5 Å². The lowest BCUT2D eigenvalue weighted by atomic mass is 9.93. The molecule has 10 heteroatoms. The summed E-state index contributed by atoms with van der Waals surface area (Å²) in [7, 11) is 3.23. The standard InChI is InChI=1S/C38H55N3O7/c1-27(2)41(36(43)29-14-19-34(46-7)35(24-29)47-23-11-22-45-6)32-18-17-31(40(25-32)37(44)48-38(3,4)5)20-21-39(30-15-16-30)26-33(42)28-12-9-8-10-13-28/h8-10,12-14,19,24,27,30-32H,11,15-18,20-23,25-26H2,1-7H3/t31-,32-/m1/s1. The van der Waals surface area contributed by atoms with Crippen LogP contribution in [0.4, 0.5) is 4.79 Å². The molecule has 1 saturated heterocycles. The molecule has 0 unspecified atom stereocenters. The van der Waals surface area contributed by atoms with E-state index in [1.165, 1.54) is 0 Å². The average molecular weight is 666 g/mol. The van der Waals surface area contributed by atoms with Gasteiger partial charge in [0.1, 0.15) is 5.60 Å². The molecule has 2 amide bonds. The quantitative estimate of drug-likeness (QED) is 0.149. The van der Waals surface area contributed by atoms with Crippen molar-refractivity contribution in [3.63, 3.8) is 0 Å². The van der Waals surface area contributed by atoms with E-state index in [1.54, 1.807) is 32.4 Å². The van der Waals surface area contributed by atoms with Crippen LogP contribution in [0.2, 0.25) is 0 Å². The summed E-state index contributed by atoms with van der Waals surface area (Å²) in [6.45, 7) is 12.1. The number of ether oxygens (including phenoxy) is 4. The van der Waals surface area contributed by atoms with Gasteiger partial charge in [0.15, 0.2) is 17.3 Å². The predicted octanol–water partition coefficient (Wildman–Crippen LogP) is 6.47. The summed E-state index contributed by atoms with van der Waals surface area (Å²) in [6, 6.07) is 14.7. The van der Waals surface area contributed by atoms with Gasteiger partial charge in [-0.1, -0.05) is 30.3 Å². The normalized spacial score (nSPS) is 18.1. The summed E-state index contributed by atoms with van der Waals surface area (Å²) >= 11 is 0. The largest absolute Gasteiger partial charge is 0.493 e. The Kier molecular flexibility index (Phi) is 13.3. The number of carbonyl (C=O) groups excluding carboxylic acids is 3. The molecule has 2 aliphatic rings. The fourth-order valence-corrected chi connectivity index (χ4v) is 6.40. The fraction of sp³-hybridized carbons (Fsp3) is 0.605. The minimum atomic E-state index is -0.660. The van der Waals surface area contributed by atoms with Crippen LogP contribution in [-0.4, -0.2) is 109 Å². The van der Waals surface area contributed by atoms with Gasteiger partial charge in [0.05, 0.1) is 26.3 Å². The molecule has 0 spiro atoms. The molecule has 48 heavy (non-hydrogen) atoms. The lowest BCUT2D eigenvalue weighted by molar-refractivity contribution is -0.00924. The smallest absolute Gasteiger partial charge is 0.410 e. The molecule has 0 radical (unpaired) electrons. The van der Waals surface area contributed by atoms with E-state index in [0.717, 1.165) is 37.7 Å². The topological polar surface area (TPSA) is 97.9 Å². The Morgan fingerprint density at radius 1 is 0.896 bits per heavy atom. The van der Waals surface area contributed by atoms with Gasteiger partial charge < -0.3 is 28.7 Å². The summed E-state index contributed by atoms with van der Waals surface area (Å²) < 4.78 is 22.5. The lowest BCUT2D eigenvalue weighted by Gasteiger charge is -2.45. The van der Waals surface area contributed by atoms with Crippen LogP contribution in [0.5, 0.6) is 11.5 Å². The molecule has 1 heterocycles. The molecule has 4 rings (SSSR count). The number of methoxy groups -OCH3 is 2. The van der Waals surface area contributed by atoms with Crippen molar-refractivity contribution in [2.24, 2.45) is 0 Å². The summed E-state index contributed by atoms with van der Waals surface area (Å²) in [5.41, 5.74) is 0.562. The minimum Gasteiger partial charge on any atom is -0.493 e. The highest BCUT2D eigenvalue weighted by Crippen LogP contribution is 2.33. The molecule has 10 nitrogen and oxygen atoms in total. The summed E-state index contributed by atoms with van der Waals surface area (Å²) in [4.78, 5) is 46.9. The zero-order chi connectivity index (χ0) is 34.8. The van der Waals surface area contributed by atoms with Crippen LogP contribution < -0.4 is 9.47 Å². The highest BCUT2D eigenvalue weighted by molar-refractivity contribution is 5.97. The second kappa shape index (κ2) is 17.2. The van der Waals surface area contributed by atoms with Crippen LogP contribution in [-0.2, 0) is 9.47 Å². The van der Waals surface area contributed by atoms with Crippen LogP contribution in [0, 0.1) is 0 Å². The number of ketones is 1. The molecule has 2 atom stereocenters. The van der Waals surface area contributed by atoms with Gasteiger partial charge in [-0.05, 0) is 84.9 Å². The van der Waals surface area contributed by atoms with Gasteiger partial charge in [-0.2, -0.15) is 0 Å². The molecule has 1 aliphatic heterocycles. The van der Waals surface area contributed by atoms with Crippen LogP contribution in [0.15, 0.2) is 48.5 Å². The Morgan fingerprint density at radius 2 is 1.60 bits per heavy atom. The molecule has 0 N–H and O–H groups in total. The Labute approximate surface area is 286 Å². The third kappa shape index (κ3) is 10.4. The van der Waals surface area contributed by atoms with Gasteiger partial charge in [-0.3, -0.25) is 14.5 Å². The van der Waals surface area contributed by atoms with Gasteiger partial charge in [0.2, 0.25) is 0 Å². The third-order valence-corrected chi connectivity index (χ3v) is 8.91. The van der Waals surface area contributed by atoms with E-state index in [0.29, 0.717) is 62.4 Å². The molecule has 1 saturated carbocycles. The molecule has 2 aromatic rings. The van der Waals surface area contributed by atoms with Crippen LogP contribution in [0.1, 0.15) is 93.9 Å². The van der Waals surface area contributed by atoms with Crippen LogP contribution in [0.3, 0.4) is 0 Å².